The third kappa shape index (κ3) is 59.0. The highest BCUT2D eigenvalue weighted by molar-refractivity contribution is 7.47. The topological polar surface area (TPSA) is 237 Å². The van der Waals surface area contributed by atoms with Crippen LogP contribution in [-0.2, 0) is 65.4 Å². The molecule has 0 aromatic carbocycles. The molecule has 0 aromatic rings. The Morgan fingerprint density at radius 1 is 0.286 bits per heavy atom. The summed E-state index contributed by atoms with van der Waals surface area (Å²) in [6.45, 7) is 4.81. The molecule has 0 bridgehead atoms. The van der Waals surface area contributed by atoms with Gasteiger partial charge in [0.15, 0.2) is 12.2 Å². The van der Waals surface area contributed by atoms with Gasteiger partial charge in [-0.2, -0.15) is 0 Å². The van der Waals surface area contributed by atoms with Crippen LogP contribution in [0.1, 0.15) is 336 Å². The molecule has 498 valence electrons. The second kappa shape index (κ2) is 60.0. The van der Waals surface area contributed by atoms with Crippen LogP contribution in [0.15, 0.2) is 0 Å². The van der Waals surface area contributed by atoms with Crippen molar-refractivity contribution >= 4 is 39.5 Å². The van der Waals surface area contributed by atoms with E-state index in [1.165, 1.54) is 161 Å². The molecule has 84 heavy (non-hydrogen) atoms. The van der Waals surface area contributed by atoms with E-state index in [9.17, 15) is 43.2 Å². The Bertz CT molecular complexity index is 1620. The summed E-state index contributed by atoms with van der Waals surface area (Å²) in [6, 6.07) is 0. The highest BCUT2D eigenvalue weighted by Gasteiger charge is 2.30. The molecule has 0 radical (unpaired) electrons. The lowest BCUT2D eigenvalue weighted by atomic mass is 10.0. The first-order valence-corrected chi connectivity index (χ1v) is 37.3. The van der Waals surface area contributed by atoms with Gasteiger partial charge in [0.1, 0.15) is 19.3 Å². The zero-order valence-electron chi connectivity index (χ0n) is 53.9. The molecule has 0 aliphatic rings. The van der Waals surface area contributed by atoms with Gasteiger partial charge in [-0.05, 0) is 25.7 Å². The number of unbranched alkanes of at least 4 members (excludes halogenated alkanes) is 40. The molecular weight excluding hydrogens is 1110 g/mol. The van der Waals surface area contributed by atoms with Gasteiger partial charge in [-0.15, -0.1) is 0 Å². The molecule has 0 saturated carbocycles. The molecule has 0 fully saturated rings. The molecule has 0 heterocycles. The Morgan fingerprint density at radius 3 is 0.702 bits per heavy atom. The largest absolute Gasteiger partial charge is 0.472 e. The lowest BCUT2D eigenvalue weighted by Crippen LogP contribution is -2.30. The van der Waals surface area contributed by atoms with Crippen LogP contribution in [-0.4, -0.2) is 96.7 Å². The Labute approximate surface area is 511 Å². The molecule has 2 unspecified atom stereocenters. The number of aliphatic hydroxyl groups is 1. The normalized spacial score (nSPS) is 14.1. The summed E-state index contributed by atoms with van der Waals surface area (Å²) in [5.41, 5.74) is 0. The summed E-state index contributed by atoms with van der Waals surface area (Å²) in [6.07, 6.45) is 46.2. The lowest BCUT2D eigenvalue weighted by Gasteiger charge is -2.21. The van der Waals surface area contributed by atoms with E-state index in [-0.39, 0.29) is 25.7 Å². The van der Waals surface area contributed by atoms with Gasteiger partial charge in [-0.1, -0.05) is 285 Å². The van der Waals surface area contributed by atoms with E-state index < -0.39 is 97.5 Å². The summed E-state index contributed by atoms with van der Waals surface area (Å²) in [5.74, 6) is -2.14. The zero-order valence-corrected chi connectivity index (χ0v) is 55.7. The number of hydrogen-bond donors (Lipinski definition) is 3. The summed E-state index contributed by atoms with van der Waals surface area (Å²) in [4.78, 5) is 72.0. The predicted octanol–water partition coefficient (Wildman–Crippen LogP) is 18.3. The van der Waals surface area contributed by atoms with Crippen LogP contribution < -0.4 is 0 Å². The van der Waals surface area contributed by atoms with Gasteiger partial charge < -0.3 is 33.8 Å². The Balaban J connectivity index is 5.13. The number of aliphatic hydroxyl groups excluding tert-OH is 1. The van der Waals surface area contributed by atoms with E-state index in [1.807, 2.05) is 0 Å². The van der Waals surface area contributed by atoms with Crippen molar-refractivity contribution in [2.24, 2.45) is 0 Å². The van der Waals surface area contributed by atoms with Gasteiger partial charge >= 0.3 is 39.5 Å². The Kier molecular flexibility index (Phi) is 58.6. The molecule has 0 saturated heterocycles. The number of rotatable bonds is 66. The lowest BCUT2D eigenvalue weighted by molar-refractivity contribution is -0.161. The summed E-state index contributed by atoms with van der Waals surface area (Å²) in [7, 11) is -9.88. The molecule has 19 heteroatoms. The molecule has 0 amide bonds. The molecule has 0 aliphatic heterocycles. The number of carbonyl (C=O) groups excluding carboxylic acids is 4. The second-order valence-corrected chi connectivity index (χ2v) is 26.4. The number of esters is 4. The zero-order chi connectivity index (χ0) is 61.9. The van der Waals surface area contributed by atoms with Crippen molar-refractivity contribution in [3.05, 3.63) is 0 Å². The molecule has 3 N–H and O–H groups in total. The third-order valence-corrected chi connectivity index (χ3v) is 17.0. The maximum absolute atomic E-state index is 13.0. The van der Waals surface area contributed by atoms with Crippen molar-refractivity contribution in [2.45, 2.75) is 354 Å². The van der Waals surface area contributed by atoms with Gasteiger partial charge in [0.05, 0.1) is 26.4 Å². The Morgan fingerprint density at radius 2 is 0.476 bits per heavy atom. The van der Waals surface area contributed by atoms with Crippen LogP contribution >= 0.6 is 15.6 Å². The van der Waals surface area contributed by atoms with Gasteiger partial charge in [0.2, 0.25) is 0 Å². The van der Waals surface area contributed by atoms with E-state index in [4.69, 9.17) is 37.0 Å². The SMILES string of the molecule is CCCCCCCCCCCCCCCCCCCCC(=O)O[C@H](COC(=O)CCCCCCCCCCCCC)COP(=O)(O)OC[C@@H](O)COP(=O)(O)OC[C@@H](COC(=O)CCCCCCC)OC(=O)CCCCCCCCCCCC. The highest BCUT2D eigenvalue weighted by atomic mass is 31.2. The fourth-order valence-electron chi connectivity index (χ4n) is 9.81. The summed E-state index contributed by atoms with van der Waals surface area (Å²) in [5, 5.41) is 10.5. The quantitative estimate of drug-likeness (QED) is 0.0222. The molecular formula is C65H126O17P2. The van der Waals surface area contributed by atoms with E-state index in [2.05, 4.69) is 27.7 Å². The number of phosphoric ester groups is 2. The van der Waals surface area contributed by atoms with Crippen molar-refractivity contribution in [1.29, 1.82) is 0 Å². The van der Waals surface area contributed by atoms with Gasteiger partial charge in [-0.3, -0.25) is 37.3 Å². The molecule has 0 spiro atoms. The third-order valence-electron chi connectivity index (χ3n) is 15.1. The first kappa shape index (κ1) is 82.1. The Hall–Kier alpha value is -1.94. The van der Waals surface area contributed by atoms with E-state index >= 15 is 0 Å². The van der Waals surface area contributed by atoms with Crippen LogP contribution in [0.5, 0.6) is 0 Å². The standard InChI is InChI=1S/C65H126O17P2/c1-5-9-13-17-20-23-26-27-28-29-30-31-32-34-37-40-44-48-52-65(70)82-61(56-76-63(68)50-46-42-38-36-33-24-21-18-14-10-6-2)58-80-84(73,74)78-54-59(66)53-77-83(71,72)79-57-60(55-75-62(67)49-45-41-16-12-8-4)81-64(69)51-47-43-39-35-25-22-19-15-11-7-3/h59-61,66H,5-58H2,1-4H3,(H,71,72)(H,73,74)/t59-,60+,61+/m0/s1. The molecule has 0 aromatic heterocycles. The summed E-state index contributed by atoms with van der Waals surface area (Å²) < 4.78 is 67.8. The minimum atomic E-state index is -4.94. The minimum Gasteiger partial charge on any atom is -0.462 e. The van der Waals surface area contributed by atoms with Crippen molar-refractivity contribution in [3.63, 3.8) is 0 Å². The van der Waals surface area contributed by atoms with E-state index in [1.54, 1.807) is 0 Å². The van der Waals surface area contributed by atoms with Crippen LogP contribution in [0.3, 0.4) is 0 Å². The first-order chi connectivity index (χ1) is 40.7. The molecule has 0 rings (SSSR count). The second-order valence-electron chi connectivity index (χ2n) is 23.5. The van der Waals surface area contributed by atoms with Gasteiger partial charge in [0, 0.05) is 25.7 Å². The monoisotopic (exact) mass is 1240 g/mol. The van der Waals surface area contributed by atoms with Gasteiger partial charge in [-0.25, -0.2) is 9.13 Å². The number of hydrogen-bond acceptors (Lipinski definition) is 15. The molecule has 5 atom stereocenters. The fraction of sp³-hybridized carbons (Fsp3) is 0.938. The van der Waals surface area contributed by atoms with Crippen molar-refractivity contribution < 1.29 is 80.2 Å². The maximum atomic E-state index is 13.0. The van der Waals surface area contributed by atoms with Gasteiger partial charge in [0.25, 0.3) is 0 Å². The molecule has 17 nitrogen and oxygen atoms in total. The number of phosphoric acid groups is 2. The number of ether oxygens (including phenoxy) is 4. The van der Waals surface area contributed by atoms with Crippen molar-refractivity contribution in [2.75, 3.05) is 39.6 Å². The van der Waals surface area contributed by atoms with Crippen LogP contribution in [0.2, 0.25) is 0 Å². The predicted molar refractivity (Wildman–Crippen MR) is 335 cm³/mol. The van der Waals surface area contributed by atoms with Crippen LogP contribution in [0, 0.1) is 0 Å². The maximum Gasteiger partial charge on any atom is 0.472 e. The van der Waals surface area contributed by atoms with E-state index in [0.29, 0.717) is 25.7 Å². The van der Waals surface area contributed by atoms with Crippen LogP contribution in [0.25, 0.3) is 0 Å². The smallest absolute Gasteiger partial charge is 0.462 e. The highest BCUT2D eigenvalue weighted by Crippen LogP contribution is 2.45. The first-order valence-electron chi connectivity index (χ1n) is 34.3. The minimum absolute atomic E-state index is 0.106. The average Bonchev–Trinajstić information content (AvgIpc) is 3.59. The van der Waals surface area contributed by atoms with Crippen molar-refractivity contribution in [1.82, 2.24) is 0 Å². The average molecular weight is 1240 g/mol. The van der Waals surface area contributed by atoms with Crippen molar-refractivity contribution in [3.8, 4) is 0 Å². The molecule has 0 aliphatic carbocycles. The number of carbonyl (C=O) groups is 4. The van der Waals surface area contributed by atoms with Crippen LogP contribution in [0.4, 0.5) is 0 Å². The summed E-state index contributed by atoms with van der Waals surface area (Å²) >= 11 is 0. The fourth-order valence-corrected chi connectivity index (χ4v) is 11.4. The van der Waals surface area contributed by atoms with E-state index in [0.717, 1.165) is 96.3 Å².